The molecule has 2 rings (SSSR count). The Morgan fingerprint density at radius 1 is 1.17 bits per heavy atom. The van der Waals surface area contributed by atoms with Gasteiger partial charge in [-0.25, -0.2) is 0 Å². The van der Waals surface area contributed by atoms with Crippen molar-refractivity contribution in [3.63, 3.8) is 0 Å². The molecule has 0 spiro atoms. The molecule has 0 bridgehead atoms. The Labute approximate surface area is 155 Å². The minimum atomic E-state index is 0. The van der Waals surface area contributed by atoms with Crippen molar-refractivity contribution >= 4 is 29.9 Å². The fraction of sp³-hybridized carbons (Fsp3) is 0.412. The molecule has 2 N–H and O–H groups in total. The largest absolute Gasteiger partial charge is 0.356 e. The molecule has 0 atom stereocenters. The lowest BCUT2D eigenvalue weighted by Crippen LogP contribution is -2.38. The highest BCUT2D eigenvalue weighted by atomic mass is 127. The number of hydrogen-bond acceptors (Lipinski definition) is 2. The number of halogens is 1. The molecule has 0 aliphatic heterocycles. The second-order valence-electron chi connectivity index (χ2n) is 5.67. The van der Waals surface area contributed by atoms with Gasteiger partial charge in [0.1, 0.15) is 0 Å². The lowest BCUT2D eigenvalue weighted by atomic mass is 10.1. The van der Waals surface area contributed by atoms with Crippen LogP contribution in [0.15, 0.2) is 47.7 Å². The van der Waals surface area contributed by atoms with Gasteiger partial charge in [0.25, 0.3) is 0 Å². The van der Waals surface area contributed by atoms with E-state index in [-0.39, 0.29) is 24.0 Å². The second kappa shape index (κ2) is 10.3. The number of rotatable bonds is 6. The number of aliphatic imine (C=N–C) groups is 1. The summed E-state index contributed by atoms with van der Waals surface area (Å²) < 4.78 is 1.94. The van der Waals surface area contributed by atoms with Crippen molar-refractivity contribution in [2.75, 3.05) is 13.6 Å². The van der Waals surface area contributed by atoms with Gasteiger partial charge in [-0.3, -0.25) is 9.67 Å². The van der Waals surface area contributed by atoms with Crippen LogP contribution in [0.25, 0.3) is 0 Å². The van der Waals surface area contributed by atoms with E-state index in [4.69, 9.17) is 0 Å². The van der Waals surface area contributed by atoms with Crippen LogP contribution in [0.1, 0.15) is 25.0 Å². The monoisotopic (exact) mass is 427 g/mol. The molecule has 0 radical (unpaired) electrons. The van der Waals surface area contributed by atoms with Crippen molar-refractivity contribution < 1.29 is 0 Å². The molecule has 5 nitrogen and oxygen atoms in total. The molecule has 23 heavy (non-hydrogen) atoms. The Balaban J connectivity index is 0.00000264. The highest BCUT2D eigenvalue weighted by molar-refractivity contribution is 14.0. The molecule has 0 amide bonds. The van der Waals surface area contributed by atoms with Gasteiger partial charge in [0.15, 0.2) is 5.96 Å². The van der Waals surface area contributed by atoms with Gasteiger partial charge in [0, 0.05) is 32.5 Å². The molecule has 1 aromatic carbocycles. The maximum atomic E-state index is 4.27. The topological polar surface area (TPSA) is 54.2 Å². The average Bonchev–Trinajstić information content (AvgIpc) is 3.01. The molecule has 0 fully saturated rings. The third-order valence-corrected chi connectivity index (χ3v) is 3.36. The Morgan fingerprint density at radius 2 is 1.91 bits per heavy atom. The predicted octanol–water partition coefficient (Wildman–Crippen LogP) is 2.87. The van der Waals surface area contributed by atoms with E-state index in [2.05, 4.69) is 58.8 Å². The van der Waals surface area contributed by atoms with E-state index in [0.717, 1.165) is 25.6 Å². The Morgan fingerprint density at radius 3 is 2.52 bits per heavy atom. The molecule has 0 aliphatic rings. The second-order valence-corrected chi connectivity index (χ2v) is 5.67. The predicted molar refractivity (Wildman–Crippen MR) is 106 cm³/mol. The normalized spacial score (nSPS) is 11.2. The van der Waals surface area contributed by atoms with Gasteiger partial charge in [0.05, 0.1) is 6.54 Å². The zero-order valence-electron chi connectivity index (χ0n) is 14.0. The lowest BCUT2D eigenvalue weighted by Gasteiger charge is -2.15. The van der Waals surface area contributed by atoms with Crippen LogP contribution >= 0.6 is 24.0 Å². The van der Waals surface area contributed by atoms with Crippen LogP contribution < -0.4 is 10.6 Å². The first-order valence-corrected chi connectivity index (χ1v) is 7.67. The van der Waals surface area contributed by atoms with E-state index in [1.807, 2.05) is 16.9 Å². The highest BCUT2D eigenvalue weighted by Gasteiger charge is 2.05. The van der Waals surface area contributed by atoms with Gasteiger partial charge in [0.2, 0.25) is 0 Å². The molecule has 1 heterocycles. The molecule has 126 valence electrons. The van der Waals surface area contributed by atoms with Crippen molar-refractivity contribution in [2.24, 2.45) is 10.9 Å². The molecule has 0 unspecified atom stereocenters. The van der Waals surface area contributed by atoms with Crippen molar-refractivity contribution in [3.05, 3.63) is 53.9 Å². The Hall–Kier alpha value is -1.57. The quantitative estimate of drug-likeness (QED) is 0.424. The summed E-state index contributed by atoms with van der Waals surface area (Å²) in [5.41, 5.74) is 2.52. The zero-order valence-corrected chi connectivity index (χ0v) is 16.3. The van der Waals surface area contributed by atoms with E-state index in [0.29, 0.717) is 5.92 Å². The Bertz CT molecular complexity index is 593. The summed E-state index contributed by atoms with van der Waals surface area (Å²) in [6.07, 6.45) is 3.78. The molecule has 2 aromatic rings. The average molecular weight is 427 g/mol. The molecule has 1 aromatic heterocycles. The standard InChI is InChI=1S/C17H25N5.HI/c1-14(2)11-19-17(18-3)20-12-15-7-4-5-8-16(15)13-22-10-6-9-21-22;/h4-10,14H,11-13H2,1-3H3,(H2,18,19,20);1H. The number of aromatic nitrogens is 2. The van der Waals surface area contributed by atoms with Crippen LogP contribution in [-0.4, -0.2) is 29.3 Å². The van der Waals surface area contributed by atoms with Gasteiger partial charge in [-0.05, 0) is 23.1 Å². The van der Waals surface area contributed by atoms with Crippen LogP contribution in [0, 0.1) is 5.92 Å². The van der Waals surface area contributed by atoms with Gasteiger partial charge in [-0.1, -0.05) is 38.1 Å². The SMILES string of the molecule is CN=C(NCc1ccccc1Cn1cccn1)NCC(C)C.I. The number of guanidine groups is 1. The van der Waals surface area contributed by atoms with Crippen molar-refractivity contribution in [3.8, 4) is 0 Å². The number of nitrogens with zero attached hydrogens (tertiary/aromatic N) is 3. The third kappa shape index (κ3) is 6.60. The molecular weight excluding hydrogens is 401 g/mol. The van der Waals surface area contributed by atoms with E-state index in [9.17, 15) is 0 Å². The van der Waals surface area contributed by atoms with Gasteiger partial charge in [-0.2, -0.15) is 5.10 Å². The van der Waals surface area contributed by atoms with E-state index >= 15 is 0 Å². The van der Waals surface area contributed by atoms with Gasteiger partial charge < -0.3 is 10.6 Å². The summed E-state index contributed by atoms with van der Waals surface area (Å²) in [5, 5.41) is 11.0. The fourth-order valence-corrected chi connectivity index (χ4v) is 2.15. The van der Waals surface area contributed by atoms with Crippen LogP contribution in [-0.2, 0) is 13.1 Å². The van der Waals surface area contributed by atoms with E-state index in [1.165, 1.54) is 11.1 Å². The van der Waals surface area contributed by atoms with E-state index < -0.39 is 0 Å². The number of benzene rings is 1. The minimum Gasteiger partial charge on any atom is -0.356 e. The fourth-order valence-electron chi connectivity index (χ4n) is 2.15. The van der Waals surface area contributed by atoms with Crippen molar-refractivity contribution in [1.82, 2.24) is 20.4 Å². The molecule has 0 saturated carbocycles. The summed E-state index contributed by atoms with van der Waals surface area (Å²) >= 11 is 0. The molecule has 0 aliphatic carbocycles. The number of hydrogen-bond donors (Lipinski definition) is 2. The van der Waals surface area contributed by atoms with Crippen molar-refractivity contribution in [1.29, 1.82) is 0 Å². The summed E-state index contributed by atoms with van der Waals surface area (Å²) in [4.78, 5) is 4.26. The molecular formula is C17H26IN5. The van der Waals surface area contributed by atoms with Crippen LogP contribution in [0.2, 0.25) is 0 Å². The lowest BCUT2D eigenvalue weighted by molar-refractivity contribution is 0.614. The van der Waals surface area contributed by atoms with Crippen LogP contribution in [0.5, 0.6) is 0 Å². The molecule has 0 saturated heterocycles. The van der Waals surface area contributed by atoms with Gasteiger partial charge >= 0.3 is 0 Å². The summed E-state index contributed by atoms with van der Waals surface area (Å²) in [6.45, 7) is 6.80. The maximum Gasteiger partial charge on any atom is 0.191 e. The molecule has 6 heteroatoms. The maximum absolute atomic E-state index is 4.27. The summed E-state index contributed by atoms with van der Waals surface area (Å²) in [7, 11) is 1.80. The van der Waals surface area contributed by atoms with Crippen LogP contribution in [0.4, 0.5) is 0 Å². The first-order valence-electron chi connectivity index (χ1n) is 7.67. The highest BCUT2D eigenvalue weighted by Crippen LogP contribution is 2.10. The Kier molecular flexibility index (Phi) is 8.68. The zero-order chi connectivity index (χ0) is 15.8. The summed E-state index contributed by atoms with van der Waals surface area (Å²) in [6, 6.07) is 10.4. The van der Waals surface area contributed by atoms with Crippen LogP contribution in [0.3, 0.4) is 0 Å². The van der Waals surface area contributed by atoms with E-state index in [1.54, 1.807) is 13.2 Å². The smallest absolute Gasteiger partial charge is 0.191 e. The first kappa shape index (κ1) is 19.5. The van der Waals surface area contributed by atoms with Crippen molar-refractivity contribution in [2.45, 2.75) is 26.9 Å². The third-order valence-electron chi connectivity index (χ3n) is 3.36. The van der Waals surface area contributed by atoms with Gasteiger partial charge in [-0.15, -0.1) is 24.0 Å². The first-order chi connectivity index (χ1) is 10.7. The summed E-state index contributed by atoms with van der Waals surface area (Å²) in [5.74, 6) is 1.42. The minimum absolute atomic E-state index is 0. The number of nitrogens with one attached hydrogen (secondary N) is 2.